The van der Waals surface area contributed by atoms with E-state index >= 15 is 0 Å². The average Bonchev–Trinajstić information content (AvgIpc) is 2.93. The third kappa shape index (κ3) is 3.72. The zero-order valence-corrected chi connectivity index (χ0v) is 17.1. The van der Waals surface area contributed by atoms with Gasteiger partial charge in [-0.2, -0.15) is 0 Å². The van der Waals surface area contributed by atoms with Crippen LogP contribution in [-0.2, 0) is 9.59 Å². The van der Waals surface area contributed by atoms with Crippen molar-refractivity contribution in [1.82, 2.24) is 0 Å². The number of rotatable bonds is 4. The van der Waals surface area contributed by atoms with E-state index in [1.807, 2.05) is 19.9 Å². The molecule has 4 rings (SSSR count). The number of halogens is 2. The second-order valence-corrected chi connectivity index (χ2v) is 7.62. The van der Waals surface area contributed by atoms with Gasteiger partial charge in [0.05, 0.1) is 11.3 Å². The number of nitrogens with zero attached hydrogens (tertiary/aromatic N) is 1. The molecule has 150 valence electrons. The maximum Gasteiger partial charge on any atom is 0.282 e. The number of carbonyl (C=O) groups is 2. The molecule has 3 aromatic rings. The molecule has 1 heterocycles. The molecule has 1 aliphatic heterocycles. The maximum atomic E-state index is 13.4. The first-order valence-corrected chi connectivity index (χ1v) is 9.71. The van der Waals surface area contributed by atoms with Gasteiger partial charge in [0, 0.05) is 10.7 Å². The zero-order valence-electron chi connectivity index (χ0n) is 16.4. The summed E-state index contributed by atoms with van der Waals surface area (Å²) in [6, 6.07) is 17.9. The predicted molar refractivity (Wildman–Crippen MR) is 117 cm³/mol. The summed E-state index contributed by atoms with van der Waals surface area (Å²) >= 11 is 5.99. The minimum atomic E-state index is -0.473. The summed E-state index contributed by atoms with van der Waals surface area (Å²) in [7, 11) is 0. The minimum absolute atomic E-state index is 0.132. The molecular weight excluding hydrogens is 403 g/mol. The van der Waals surface area contributed by atoms with Gasteiger partial charge in [-0.25, -0.2) is 9.29 Å². The Morgan fingerprint density at radius 1 is 0.833 bits per heavy atom. The van der Waals surface area contributed by atoms with Gasteiger partial charge in [-0.05, 0) is 79.1 Å². The summed E-state index contributed by atoms with van der Waals surface area (Å²) in [4.78, 5) is 27.9. The SMILES string of the molecule is Cc1cc(C)cc(N2C(=O)C(Nc3ccc(F)cc3)=C(c3ccc(Cl)cc3)C2=O)c1. The van der Waals surface area contributed by atoms with Crippen molar-refractivity contribution in [3.63, 3.8) is 0 Å². The Bertz CT molecular complexity index is 1160. The van der Waals surface area contributed by atoms with E-state index in [-0.39, 0.29) is 11.3 Å². The number of amides is 2. The third-order valence-corrected chi connectivity index (χ3v) is 5.05. The number of hydrogen-bond acceptors (Lipinski definition) is 3. The number of imide groups is 1. The van der Waals surface area contributed by atoms with E-state index < -0.39 is 17.6 Å². The van der Waals surface area contributed by atoms with Crippen LogP contribution in [0.3, 0.4) is 0 Å². The highest BCUT2D eigenvalue weighted by molar-refractivity contribution is 6.46. The molecule has 4 nitrogen and oxygen atoms in total. The largest absolute Gasteiger partial charge is 0.350 e. The molecular formula is C24H18ClFN2O2. The first-order chi connectivity index (χ1) is 14.3. The van der Waals surface area contributed by atoms with Gasteiger partial charge in [-0.15, -0.1) is 0 Å². The quantitative estimate of drug-likeness (QED) is 0.567. The van der Waals surface area contributed by atoms with E-state index in [1.54, 1.807) is 36.4 Å². The van der Waals surface area contributed by atoms with Crippen LogP contribution in [-0.4, -0.2) is 11.8 Å². The average molecular weight is 421 g/mol. The van der Waals surface area contributed by atoms with Crippen LogP contribution in [0.1, 0.15) is 16.7 Å². The number of anilines is 2. The molecule has 1 N–H and O–H groups in total. The van der Waals surface area contributed by atoms with E-state index in [9.17, 15) is 14.0 Å². The van der Waals surface area contributed by atoms with Crippen molar-refractivity contribution in [2.75, 3.05) is 10.2 Å². The molecule has 0 bridgehead atoms. The summed E-state index contributed by atoms with van der Waals surface area (Å²) in [6.45, 7) is 3.82. The lowest BCUT2D eigenvalue weighted by atomic mass is 10.0. The van der Waals surface area contributed by atoms with Gasteiger partial charge in [-0.1, -0.05) is 29.8 Å². The normalized spacial score (nSPS) is 13.9. The van der Waals surface area contributed by atoms with Gasteiger partial charge in [0.1, 0.15) is 11.5 Å². The molecule has 3 aromatic carbocycles. The topological polar surface area (TPSA) is 49.4 Å². The van der Waals surface area contributed by atoms with Crippen molar-refractivity contribution in [2.24, 2.45) is 0 Å². The fourth-order valence-corrected chi connectivity index (χ4v) is 3.65. The second-order valence-electron chi connectivity index (χ2n) is 7.18. The van der Waals surface area contributed by atoms with Crippen LogP contribution in [0.25, 0.3) is 5.57 Å². The Hall–Kier alpha value is -3.44. The van der Waals surface area contributed by atoms with Crippen LogP contribution in [0.4, 0.5) is 15.8 Å². The molecule has 0 saturated carbocycles. The lowest BCUT2D eigenvalue weighted by molar-refractivity contribution is -0.120. The minimum Gasteiger partial charge on any atom is -0.350 e. The molecule has 0 aliphatic carbocycles. The highest BCUT2D eigenvalue weighted by Crippen LogP contribution is 2.34. The predicted octanol–water partition coefficient (Wildman–Crippen LogP) is 5.49. The molecule has 0 unspecified atom stereocenters. The van der Waals surface area contributed by atoms with Gasteiger partial charge >= 0.3 is 0 Å². The summed E-state index contributed by atoms with van der Waals surface area (Å²) in [5.41, 5.74) is 3.82. The van der Waals surface area contributed by atoms with E-state index in [0.717, 1.165) is 16.0 Å². The van der Waals surface area contributed by atoms with Crippen LogP contribution >= 0.6 is 11.6 Å². The molecule has 2 amide bonds. The number of benzene rings is 3. The summed E-state index contributed by atoms with van der Waals surface area (Å²) in [5, 5.41) is 3.53. The van der Waals surface area contributed by atoms with Gasteiger partial charge in [0.15, 0.2) is 0 Å². The first kappa shape index (κ1) is 19.9. The van der Waals surface area contributed by atoms with Crippen LogP contribution in [0.15, 0.2) is 72.4 Å². The van der Waals surface area contributed by atoms with Crippen molar-refractivity contribution < 1.29 is 14.0 Å². The Morgan fingerprint density at radius 3 is 2.03 bits per heavy atom. The van der Waals surface area contributed by atoms with Crippen molar-refractivity contribution >= 4 is 40.4 Å². The molecule has 0 fully saturated rings. The van der Waals surface area contributed by atoms with E-state index in [0.29, 0.717) is 22.0 Å². The molecule has 0 aromatic heterocycles. The monoisotopic (exact) mass is 420 g/mol. The number of nitrogens with one attached hydrogen (secondary N) is 1. The Labute approximate surface area is 178 Å². The van der Waals surface area contributed by atoms with E-state index in [4.69, 9.17) is 11.6 Å². The van der Waals surface area contributed by atoms with Gasteiger partial charge in [-0.3, -0.25) is 9.59 Å². The molecule has 30 heavy (non-hydrogen) atoms. The molecule has 6 heteroatoms. The first-order valence-electron chi connectivity index (χ1n) is 9.33. The highest BCUT2D eigenvalue weighted by atomic mass is 35.5. The van der Waals surface area contributed by atoms with Gasteiger partial charge in [0.25, 0.3) is 11.8 Å². The fraction of sp³-hybridized carbons (Fsp3) is 0.0833. The number of carbonyl (C=O) groups excluding carboxylic acids is 2. The lowest BCUT2D eigenvalue weighted by Crippen LogP contribution is -2.32. The summed E-state index contributed by atoms with van der Waals surface area (Å²) < 4.78 is 13.3. The van der Waals surface area contributed by atoms with Gasteiger partial charge < -0.3 is 5.32 Å². The standard InChI is InChI=1S/C24H18ClFN2O2/c1-14-11-15(2)13-20(12-14)28-23(29)21(16-3-5-17(25)6-4-16)22(24(28)30)27-19-9-7-18(26)8-10-19/h3-13,27H,1-2H3. The Kier molecular flexibility index (Phi) is 5.14. The van der Waals surface area contributed by atoms with Crippen LogP contribution in [0, 0.1) is 19.7 Å². The molecule has 1 aliphatic rings. The van der Waals surface area contributed by atoms with Crippen molar-refractivity contribution in [2.45, 2.75) is 13.8 Å². The van der Waals surface area contributed by atoms with E-state index in [1.165, 1.54) is 24.3 Å². The molecule has 0 radical (unpaired) electrons. The number of aryl methyl sites for hydroxylation is 2. The van der Waals surface area contributed by atoms with Crippen molar-refractivity contribution in [1.29, 1.82) is 0 Å². The molecule has 0 saturated heterocycles. The summed E-state index contributed by atoms with van der Waals surface area (Å²) in [5.74, 6) is -1.30. The van der Waals surface area contributed by atoms with Gasteiger partial charge in [0.2, 0.25) is 0 Å². The third-order valence-electron chi connectivity index (χ3n) is 4.80. The molecule has 0 spiro atoms. The Balaban J connectivity index is 1.83. The van der Waals surface area contributed by atoms with Crippen LogP contribution < -0.4 is 10.2 Å². The Morgan fingerprint density at radius 2 is 1.43 bits per heavy atom. The van der Waals surface area contributed by atoms with Crippen molar-refractivity contribution in [3.8, 4) is 0 Å². The smallest absolute Gasteiger partial charge is 0.282 e. The fourth-order valence-electron chi connectivity index (χ4n) is 3.52. The maximum absolute atomic E-state index is 13.4. The number of hydrogen-bond donors (Lipinski definition) is 1. The summed E-state index contributed by atoms with van der Waals surface area (Å²) in [6.07, 6.45) is 0. The second kappa shape index (κ2) is 7.76. The van der Waals surface area contributed by atoms with E-state index in [2.05, 4.69) is 5.32 Å². The van der Waals surface area contributed by atoms with Crippen molar-refractivity contribution in [3.05, 3.63) is 100.0 Å². The highest BCUT2D eigenvalue weighted by Gasteiger charge is 2.40. The lowest BCUT2D eigenvalue weighted by Gasteiger charge is -2.17. The zero-order chi connectivity index (χ0) is 21.4. The van der Waals surface area contributed by atoms with Crippen LogP contribution in [0.5, 0.6) is 0 Å². The molecule has 0 atom stereocenters. The van der Waals surface area contributed by atoms with Crippen LogP contribution in [0.2, 0.25) is 5.02 Å².